The van der Waals surface area contributed by atoms with Gasteiger partial charge < -0.3 is 4.90 Å². The second-order valence-electron chi connectivity index (χ2n) is 4.31. The number of benzene rings is 1. The van der Waals surface area contributed by atoms with Crippen molar-refractivity contribution in [2.45, 2.75) is 26.3 Å². The molecule has 0 N–H and O–H groups in total. The molecule has 0 amide bonds. The average molecular weight is 251 g/mol. The van der Waals surface area contributed by atoms with Crippen LogP contribution in [0.15, 0.2) is 24.3 Å². The molecule has 94 valence electrons. The van der Waals surface area contributed by atoms with E-state index in [0.717, 1.165) is 23.4 Å². The Kier molecular flexibility index (Phi) is 5.56. The molecule has 3 heteroatoms. The van der Waals surface area contributed by atoms with Gasteiger partial charge in [0.2, 0.25) is 0 Å². The third kappa shape index (κ3) is 3.77. The Bertz CT molecular complexity index is 378. The van der Waals surface area contributed by atoms with Crippen LogP contribution in [0.5, 0.6) is 0 Å². The Hall–Kier alpha value is -0.960. The number of Topliss-reactive ketones (excluding diaryl/α,β-unsaturated/α-hetero) is 1. The van der Waals surface area contributed by atoms with E-state index < -0.39 is 0 Å². The van der Waals surface area contributed by atoms with Crippen molar-refractivity contribution in [3.63, 3.8) is 0 Å². The fourth-order valence-electron chi connectivity index (χ4n) is 1.80. The van der Waals surface area contributed by atoms with Gasteiger partial charge in [0.25, 0.3) is 0 Å². The maximum absolute atomic E-state index is 11.6. The summed E-state index contributed by atoms with van der Waals surface area (Å²) in [6.45, 7) is 3.83. The normalized spacial score (nSPS) is 12.2. The molecule has 17 heavy (non-hydrogen) atoms. The molecule has 2 nitrogen and oxygen atoms in total. The predicted octanol–water partition coefficient (Wildman–Crippen LogP) is 3.47. The monoisotopic (exact) mass is 251 g/mol. The maximum Gasteiger partial charge on any atom is 0.161 e. The van der Waals surface area contributed by atoms with E-state index in [9.17, 15) is 4.79 Å². The smallest absolute Gasteiger partial charge is 0.161 e. The number of nitrogens with zero attached hydrogens (tertiary/aromatic N) is 1. The molecular formula is C14H21NOS. The molecule has 0 saturated carbocycles. The van der Waals surface area contributed by atoms with Crippen molar-refractivity contribution < 1.29 is 4.79 Å². The van der Waals surface area contributed by atoms with Crippen LogP contribution in [0.1, 0.15) is 30.6 Å². The highest BCUT2D eigenvalue weighted by atomic mass is 32.2. The Morgan fingerprint density at radius 1 is 1.41 bits per heavy atom. The second kappa shape index (κ2) is 6.70. The van der Waals surface area contributed by atoms with Crippen LogP contribution in [0.25, 0.3) is 0 Å². The summed E-state index contributed by atoms with van der Waals surface area (Å²) in [5.74, 6) is 1.28. The first-order valence-electron chi connectivity index (χ1n) is 5.89. The first-order valence-corrected chi connectivity index (χ1v) is 7.29. The third-order valence-electron chi connectivity index (χ3n) is 3.06. The molecule has 0 aliphatic carbocycles. The van der Waals surface area contributed by atoms with E-state index in [-0.39, 0.29) is 5.78 Å². The van der Waals surface area contributed by atoms with Gasteiger partial charge in [-0.15, -0.1) is 0 Å². The summed E-state index contributed by atoms with van der Waals surface area (Å²) in [5.41, 5.74) is 1.85. The number of hydrogen-bond acceptors (Lipinski definition) is 3. The van der Waals surface area contributed by atoms with Crippen LogP contribution >= 0.6 is 11.8 Å². The Balaban J connectivity index is 2.87. The molecule has 1 aromatic rings. The van der Waals surface area contributed by atoms with Gasteiger partial charge in [-0.05, 0) is 44.4 Å². The first-order chi connectivity index (χ1) is 8.07. The van der Waals surface area contributed by atoms with Gasteiger partial charge in [0, 0.05) is 24.3 Å². The Labute approximate surface area is 108 Å². The number of carbonyl (C=O) groups excluding carboxylic acids is 1. The van der Waals surface area contributed by atoms with Crippen LogP contribution in [0.2, 0.25) is 0 Å². The zero-order valence-corrected chi connectivity index (χ0v) is 11.9. The number of rotatable bonds is 6. The van der Waals surface area contributed by atoms with Crippen molar-refractivity contribution in [1.29, 1.82) is 0 Å². The lowest BCUT2D eigenvalue weighted by Gasteiger charge is -2.28. The summed E-state index contributed by atoms with van der Waals surface area (Å²) in [4.78, 5) is 13.8. The van der Waals surface area contributed by atoms with Crippen LogP contribution in [-0.4, -0.2) is 30.9 Å². The summed E-state index contributed by atoms with van der Waals surface area (Å²) in [5, 5.41) is 0. The molecule has 0 radical (unpaired) electrons. The predicted molar refractivity (Wildman–Crippen MR) is 77.3 cm³/mol. The second-order valence-corrected chi connectivity index (χ2v) is 5.30. The zero-order valence-electron chi connectivity index (χ0n) is 11.1. The number of hydrogen-bond donors (Lipinski definition) is 0. The third-order valence-corrected chi connectivity index (χ3v) is 3.71. The lowest BCUT2D eigenvalue weighted by atomic mass is 10.1. The van der Waals surface area contributed by atoms with E-state index in [0.29, 0.717) is 6.04 Å². The number of ketones is 1. The van der Waals surface area contributed by atoms with Crippen molar-refractivity contribution >= 4 is 23.2 Å². The van der Waals surface area contributed by atoms with Crippen LogP contribution in [0.3, 0.4) is 0 Å². The topological polar surface area (TPSA) is 20.3 Å². The van der Waals surface area contributed by atoms with Crippen molar-refractivity contribution in [2.75, 3.05) is 24.0 Å². The number of para-hydroxylation sites is 1. The molecule has 0 aliphatic heterocycles. The van der Waals surface area contributed by atoms with Gasteiger partial charge >= 0.3 is 0 Å². The fraction of sp³-hybridized carbons (Fsp3) is 0.500. The van der Waals surface area contributed by atoms with Gasteiger partial charge in [0.15, 0.2) is 5.78 Å². The molecule has 0 aliphatic rings. The molecule has 0 bridgehead atoms. The van der Waals surface area contributed by atoms with E-state index in [1.165, 1.54) is 0 Å². The van der Waals surface area contributed by atoms with E-state index in [1.807, 2.05) is 36.0 Å². The minimum Gasteiger partial charge on any atom is -0.371 e. The highest BCUT2D eigenvalue weighted by Gasteiger charge is 2.14. The highest BCUT2D eigenvalue weighted by molar-refractivity contribution is 7.98. The number of anilines is 1. The van der Waals surface area contributed by atoms with Crippen molar-refractivity contribution in [3.05, 3.63) is 29.8 Å². The molecule has 0 fully saturated rings. The van der Waals surface area contributed by atoms with Crippen molar-refractivity contribution in [1.82, 2.24) is 0 Å². The van der Waals surface area contributed by atoms with Gasteiger partial charge in [-0.3, -0.25) is 4.79 Å². The summed E-state index contributed by atoms with van der Waals surface area (Å²) >= 11 is 1.86. The van der Waals surface area contributed by atoms with Crippen LogP contribution in [0, 0.1) is 0 Å². The lowest BCUT2D eigenvalue weighted by Crippen LogP contribution is -2.30. The van der Waals surface area contributed by atoms with Gasteiger partial charge in [0.05, 0.1) is 0 Å². The zero-order chi connectivity index (χ0) is 12.8. The van der Waals surface area contributed by atoms with Gasteiger partial charge in [-0.1, -0.05) is 12.1 Å². The van der Waals surface area contributed by atoms with Gasteiger partial charge in [0.1, 0.15) is 0 Å². The van der Waals surface area contributed by atoms with E-state index in [2.05, 4.69) is 25.1 Å². The Morgan fingerprint density at radius 3 is 2.65 bits per heavy atom. The number of carbonyl (C=O) groups is 1. The quantitative estimate of drug-likeness (QED) is 0.722. The molecule has 1 aromatic carbocycles. The van der Waals surface area contributed by atoms with E-state index in [4.69, 9.17) is 0 Å². The minimum absolute atomic E-state index is 0.129. The van der Waals surface area contributed by atoms with E-state index >= 15 is 0 Å². The molecule has 0 spiro atoms. The minimum atomic E-state index is 0.129. The molecule has 1 unspecified atom stereocenters. The molecular weight excluding hydrogens is 230 g/mol. The largest absolute Gasteiger partial charge is 0.371 e. The summed E-state index contributed by atoms with van der Waals surface area (Å²) < 4.78 is 0. The van der Waals surface area contributed by atoms with Gasteiger partial charge in [-0.2, -0.15) is 11.8 Å². The maximum atomic E-state index is 11.6. The summed E-state index contributed by atoms with van der Waals surface area (Å²) in [6, 6.07) is 8.27. The molecule has 1 rings (SSSR count). The van der Waals surface area contributed by atoms with Crippen molar-refractivity contribution in [3.8, 4) is 0 Å². The molecule has 0 saturated heterocycles. The lowest BCUT2D eigenvalue weighted by molar-refractivity contribution is 0.101. The first kappa shape index (κ1) is 14.1. The van der Waals surface area contributed by atoms with Crippen LogP contribution in [-0.2, 0) is 0 Å². The summed E-state index contributed by atoms with van der Waals surface area (Å²) in [7, 11) is 2.06. The van der Waals surface area contributed by atoms with E-state index in [1.54, 1.807) is 6.92 Å². The summed E-state index contributed by atoms with van der Waals surface area (Å²) in [6.07, 6.45) is 3.25. The van der Waals surface area contributed by atoms with Crippen LogP contribution in [0.4, 0.5) is 5.69 Å². The average Bonchev–Trinajstić information content (AvgIpc) is 2.34. The van der Waals surface area contributed by atoms with Crippen molar-refractivity contribution in [2.24, 2.45) is 0 Å². The van der Waals surface area contributed by atoms with Crippen LogP contribution < -0.4 is 4.90 Å². The SMILES string of the molecule is CSCCC(C)N(C)c1ccccc1C(C)=O. The Morgan fingerprint density at radius 2 is 2.06 bits per heavy atom. The standard InChI is InChI=1S/C14H21NOS/c1-11(9-10-17-4)15(3)14-8-6-5-7-13(14)12(2)16/h5-8,11H,9-10H2,1-4H3. The molecule has 1 atom stereocenters. The number of thioether (sulfide) groups is 1. The highest BCUT2D eigenvalue weighted by Crippen LogP contribution is 2.22. The van der Waals surface area contributed by atoms with Gasteiger partial charge in [-0.25, -0.2) is 0 Å². The molecule has 0 aromatic heterocycles. The molecule has 0 heterocycles. The fourth-order valence-corrected chi connectivity index (χ4v) is 2.38.